The van der Waals surface area contributed by atoms with E-state index in [1.54, 1.807) is 12.1 Å². The standard InChI is InChI=1S/C14H13FN4OS/c15-11-5-1-3-10(9-11)4-2-7-16-13-18-19-12(20)6-8-17-14(19)21-13/h1,3,5-6,8-9H,2,4,7H2,(H,16,18). The molecule has 0 saturated heterocycles. The summed E-state index contributed by atoms with van der Waals surface area (Å²) in [6.07, 6.45) is 3.11. The first kappa shape index (κ1) is 13.7. The van der Waals surface area contributed by atoms with Crippen molar-refractivity contribution in [3.8, 4) is 0 Å². The van der Waals surface area contributed by atoms with Gasteiger partial charge in [-0.1, -0.05) is 23.5 Å². The fourth-order valence-corrected chi connectivity index (χ4v) is 2.80. The highest BCUT2D eigenvalue weighted by Crippen LogP contribution is 2.15. The third-order valence-corrected chi connectivity index (χ3v) is 3.86. The molecule has 2 aromatic heterocycles. The smallest absolute Gasteiger partial charge is 0.275 e. The van der Waals surface area contributed by atoms with E-state index >= 15 is 0 Å². The largest absolute Gasteiger partial charge is 0.360 e. The molecule has 0 aliphatic rings. The van der Waals surface area contributed by atoms with E-state index in [1.165, 1.54) is 34.2 Å². The third-order valence-electron chi connectivity index (χ3n) is 2.98. The summed E-state index contributed by atoms with van der Waals surface area (Å²) in [7, 11) is 0. The van der Waals surface area contributed by atoms with Crippen molar-refractivity contribution >= 4 is 21.4 Å². The van der Waals surface area contributed by atoms with Crippen molar-refractivity contribution in [1.82, 2.24) is 14.6 Å². The molecule has 21 heavy (non-hydrogen) atoms. The zero-order valence-corrected chi connectivity index (χ0v) is 11.9. The monoisotopic (exact) mass is 304 g/mol. The maximum absolute atomic E-state index is 13.0. The summed E-state index contributed by atoms with van der Waals surface area (Å²) < 4.78 is 14.3. The summed E-state index contributed by atoms with van der Waals surface area (Å²) >= 11 is 1.33. The van der Waals surface area contributed by atoms with Crippen LogP contribution < -0.4 is 10.9 Å². The second-order valence-electron chi connectivity index (χ2n) is 4.54. The lowest BCUT2D eigenvalue weighted by Crippen LogP contribution is -2.13. The van der Waals surface area contributed by atoms with Crippen LogP contribution in [0.3, 0.4) is 0 Å². The number of hydrogen-bond donors (Lipinski definition) is 1. The molecule has 0 spiro atoms. The summed E-state index contributed by atoms with van der Waals surface area (Å²) in [6, 6.07) is 7.98. The van der Waals surface area contributed by atoms with Gasteiger partial charge in [-0.05, 0) is 30.5 Å². The van der Waals surface area contributed by atoms with Crippen molar-refractivity contribution in [3.63, 3.8) is 0 Å². The Hall–Kier alpha value is -2.28. The molecule has 3 rings (SSSR count). The van der Waals surface area contributed by atoms with Gasteiger partial charge in [0.1, 0.15) is 5.82 Å². The summed E-state index contributed by atoms with van der Waals surface area (Å²) in [6.45, 7) is 0.699. The molecule has 0 bridgehead atoms. The van der Waals surface area contributed by atoms with E-state index in [0.29, 0.717) is 16.6 Å². The average molecular weight is 304 g/mol. The molecule has 0 atom stereocenters. The van der Waals surface area contributed by atoms with E-state index < -0.39 is 0 Å². The van der Waals surface area contributed by atoms with Crippen LogP contribution in [0.1, 0.15) is 12.0 Å². The van der Waals surface area contributed by atoms with Crippen molar-refractivity contribution in [2.75, 3.05) is 11.9 Å². The van der Waals surface area contributed by atoms with Crippen LogP contribution in [0.5, 0.6) is 0 Å². The number of benzene rings is 1. The first-order chi connectivity index (χ1) is 10.2. The van der Waals surface area contributed by atoms with Crippen LogP contribution in [0.2, 0.25) is 0 Å². The Morgan fingerprint density at radius 2 is 2.24 bits per heavy atom. The van der Waals surface area contributed by atoms with Crippen molar-refractivity contribution in [2.45, 2.75) is 12.8 Å². The van der Waals surface area contributed by atoms with E-state index in [9.17, 15) is 9.18 Å². The molecule has 0 unspecified atom stereocenters. The predicted octanol–water partition coefficient (Wildman–Crippen LogP) is 2.33. The maximum atomic E-state index is 13.0. The Labute approximate surface area is 124 Å². The highest BCUT2D eigenvalue weighted by Gasteiger charge is 2.05. The van der Waals surface area contributed by atoms with Crippen molar-refractivity contribution in [1.29, 1.82) is 0 Å². The van der Waals surface area contributed by atoms with Gasteiger partial charge < -0.3 is 5.32 Å². The van der Waals surface area contributed by atoms with Gasteiger partial charge in [0, 0.05) is 18.8 Å². The number of rotatable bonds is 5. The van der Waals surface area contributed by atoms with E-state index in [2.05, 4.69) is 15.4 Å². The van der Waals surface area contributed by atoms with E-state index in [4.69, 9.17) is 0 Å². The van der Waals surface area contributed by atoms with E-state index in [0.717, 1.165) is 18.4 Å². The lowest BCUT2D eigenvalue weighted by molar-refractivity contribution is 0.624. The normalized spacial score (nSPS) is 10.9. The Bertz CT molecular complexity index is 814. The highest BCUT2D eigenvalue weighted by atomic mass is 32.1. The molecule has 0 fully saturated rings. The SMILES string of the molecule is O=c1ccnc2sc(NCCCc3cccc(F)c3)nn12. The molecule has 0 amide bonds. The highest BCUT2D eigenvalue weighted by molar-refractivity contribution is 7.20. The lowest BCUT2D eigenvalue weighted by atomic mass is 10.1. The minimum Gasteiger partial charge on any atom is -0.360 e. The van der Waals surface area contributed by atoms with Crippen LogP contribution in [-0.4, -0.2) is 21.1 Å². The number of hydrogen-bond acceptors (Lipinski definition) is 5. The molecule has 0 saturated carbocycles. The van der Waals surface area contributed by atoms with Crippen LogP contribution >= 0.6 is 11.3 Å². The molecular weight excluding hydrogens is 291 g/mol. The lowest BCUT2D eigenvalue weighted by Gasteiger charge is -2.02. The zero-order valence-electron chi connectivity index (χ0n) is 11.1. The summed E-state index contributed by atoms with van der Waals surface area (Å²) in [4.78, 5) is 16.2. The first-order valence-electron chi connectivity index (χ1n) is 6.55. The molecule has 1 N–H and O–H groups in total. The quantitative estimate of drug-likeness (QED) is 0.735. The fourth-order valence-electron chi connectivity index (χ4n) is 2.00. The second-order valence-corrected chi connectivity index (χ2v) is 5.50. The summed E-state index contributed by atoms with van der Waals surface area (Å²) in [5, 5.41) is 7.98. The van der Waals surface area contributed by atoms with Crippen LogP contribution in [0.15, 0.2) is 41.3 Å². The number of aromatic nitrogens is 3. The molecular formula is C14H13FN4OS. The Morgan fingerprint density at radius 3 is 3.05 bits per heavy atom. The van der Waals surface area contributed by atoms with E-state index in [-0.39, 0.29) is 11.4 Å². The van der Waals surface area contributed by atoms with Crippen LogP contribution in [0, 0.1) is 5.82 Å². The molecule has 108 valence electrons. The number of fused-ring (bicyclic) bond motifs is 1. The molecule has 0 aliphatic heterocycles. The van der Waals surface area contributed by atoms with Gasteiger partial charge in [0.05, 0.1) is 0 Å². The summed E-state index contributed by atoms with van der Waals surface area (Å²) in [5.74, 6) is -0.211. The number of nitrogens with one attached hydrogen (secondary N) is 1. The van der Waals surface area contributed by atoms with Gasteiger partial charge in [0.2, 0.25) is 10.1 Å². The van der Waals surface area contributed by atoms with Crippen LogP contribution in [-0.2, 0) is 6.42 Å². The average Bonchev–Trinajstić information content (AvgIpc) is 2.88. The number of anilines is 1. The molecule has 0 radical (unpaired) electrons. The number of nitrogens with zero attached hydrogens (tertiary/aromatic N) is 3. The molecule has 1 aromatic carbocycles. The van der Waals surface area contributed by atoms with Crippen molar-refractivity contribution in [2.24, 2.45) is 0 Å². The molecule has 7 heteroatoms. The zero-order chi connectivity index (χ0) is 14.7. The topological polar surface area (TPSA) is 59.3 Å². The Morgan fingerprint density at radius 1 is 1.33 bits per heavy atom. The maximum Gasteiger partial charge on any atom is 0.275 e. The van der Waals surface area contributed by atoms with Crippen molar-refractivity contribution < 1.29 is 4.39 Å². The fraction of sp³-hybridized carbons (Fsp3) is 0.214. The van der Waals surface area contributed by atoms with Gasteiger partial charge in [-0.25, -0.2) is 9.37 Å². The Kier molecular flexibility index (Phi) is 3.92. The van der Waals surface area contributed by atoms with Gasteiger partial charge in [-0.2, -0.15) is 4.52 Å². The van der Waals surface area contributed by atoms with Gasteiger partial charge in [0.15, 0.2) is 0 Å². The molecule has 3 aromatic rings. The number of aryl methyl sites for hydroxylation is 1. The van der Waals surface area contributed by atoms with Gasteiger partial charge in [0.25, 0.3) is 5.56 Å². The first-order valence-corrected chi connectivity index (χ1v) is 7.37. The van der Waals surface area contributed by atoms with Crippen LogP contribution in [0.4, 0.5) is 9.52 Å². The Balaban J connectivity index is 1.57. The summed E-state index contributed by atoms with van der Waals surface area (Å²) in [5.41, 5.74) is 0.781. The second kappa shape index (κ2) is 6.01. The molecule has 2 heterocycles. The minimum atomic E-state index is -0.211. The minimum absolute atomic E-state index is 0.191. The van der Waals surface area contributed by atoms with Gasteiger partial charge in [-0.3, -0.25) is 4.79 Å². The molecule has 5 nitrogen and oxygen atoms in total. The molecule has 0 aliphatic carbocycles. The predicted molar refractivity (Wildman–Crippen MR) is 80.3 cm³/mol. The van der Waals surface area contributed by atoms with Gasteiger partial charge >= 0.3 is 0 Å². The van der Waals surface area contributed by atoms with Crippen molar-refractivity contribution in [3.05, 3.63) is 58.3 Å². The van der Waals surface area contributed by atoms with E-state index in [1.807, 2.05) is 6.07 Å². The number of halogens is 1. The van der Waals surface area contributed by atoms with Gasteiger partial charge in [-0.15, -0.1) is 5.10 Å². The van der Waals surface area contributed by atoms with Crippen LogP contribution in [0.25, 0.3) is 4.96 Å². The third kappa shape index (κ3) is 3.25.